The van der Waals surface area contributed by atoms with Crippen LogP contribution >= 0.6 is 0 Å². The SMILES string of the molecule is C[Si](C)CCCNCCN. The van der Waals surface area contributed by atoms with Crippen LogP contribution in [0.3, 0.4) is 0 Å². The summed E-state index contributed by atoms with van der Waals surface area (Å²) in [6.07, 6.45) is 1.32. The summed E-state index contributed by atoms with van der Waals surface area (Å²) in [5.41, 5.74) is 5.31. The van der Waals surface area contributed by atoms with Gasteiger partial charge in [-0.25, -0.2) is 0 Å². The largest absolute Gasteiger partial charge is 0.329 e. The molecule has 0 spiro atoms. The third kappa shape index (κ3) is 8.14. The number of nitrogens with two attached hydrogens (primary N) is 1. The Bertz CT molecular complexity index is 66.6. The second kappa shape index (κ2) is 7.25. The Kier molecular flexibility index (Phi) is 7.35. The average molecular weight is 159 g/mol. The monoisotopic (exact) mass is 159 g/mol. The Hall–Kier alpha value is 0.137. The molecule has 0 aliphatic carbocycles. The Morgan fingerprint density at radius 2 is 2.00 bits per heavy atom. The van der Waals surface area contributed by atoms with Crippen LogP contribution in [-0.2, 0) is 0 Å². The molecule has 0 unspecified atom stereocenters. The molecule has 0 amide bonds. The van der Waals surface area contributed by atoms with Crippen molar-refractivity contribution in [1.82, 2.24) is 5.32 Å². The van der Waals surface area contributed by atoms with E-state index in [0.29, 0.717) is 0 Å². The molecule has 0 aromatic heterocycles. The van der Waals surface area contributed by atoms with Gasteiger partial charge in [-0.15, -0.1) is 0 Å². The highest BCUT2D eigenvalue weighted by Crippen LogP contribution is 1.94. The molecule has 0 bridgehead atoms. The smallest absolute Gasteiger partial charge is 0.0413 e. The summed E-state index contributed by atoms with van der Waals surface area (Å²) in [5, 5.41) is 3.28. The van der Waals surface area contributed by atoms with Gasteiger partial charge in [-0.1, -0.05) is 19.1 Å². The van der Waals surface area contributed by atoms with Gasteiger partial charge < -0.3 is 11.1 Å². The topological polar surface area (TPSA) is 38.0 Å². The highest BCUT2D eigenvalue weighted by atomic mass is 28.3. The lowest BCUT2D eigenvalue weighted by molar-refractivity contribution is 0.676. The van der Waals surface area contributed by atoms with Crippen molar-refractivity contribution in [2.75, 3.05) is 19.6 Å². The zero-order chi connectivity index (χ0) is 7.82. The fourth-order valence-electron chi connectivity index (χ4n) is 0.794. The van der Waals surface area contributed by atoms with Gasteiger partial charge in [0.05, 0.1) is 0 Å². The van der Waals surface area contributed by atoms with E-state index in [9.17, 15) is 0 Å². The quantitative estimate of drug-likeness (QED) is 0.442. The lowest BCUT2D eigenvalue weighted by Crippen LogP contribution is -2.23. The summed E-state index contributed by atoms with van der Waals surface area (Å²) < 4.78 is 0. The maximum Gasteiger partial charge on any atom is 0.0413 e. The van der Waals surface area contributed by atoms with E-state index in [-0.39, 0.29) is 8.80 Å². The second-order valence-electron chi connectivity index (χ2n) is 2.85. The van der Waals surface area contributed by atoms with Crippen LogP contribution in [0.25, 0.3) is 0 Å². The first-order valence-electron chi connectivity index (χ1n) is 3.97. The third-order valence-electron chi connectivity index (χ3n) is 1.35. The maximum absolute atomic E-state index is 5.31. The molecule has 0 atom stereocenters. The molecule has 0 fully saturated rings. The first-order chi connectivity index (χ1) is 4.77. The maximum atomic E-state index is 5.31. The summed E-state index contributed by atoms with van der Waals surface area (Å²) in [4.78, 5) is 0. The first kappa shape index (κ1) is 10.1. The fraction of sp³-hybridized carbons (Fsp3) is 1.00. The van der Waals surface area contributed by atoms with Gasteiger partial charge in [-0.2, -0.15) is 0 Å². The van der Waals surface area contributed by atoms with Crippen molar-refractivity contribution in [2.24, 2.45) is 5.73 Å². The van der Waals surface area contributed by atoms with Crippen molar-refractivity contribution in [3.63, 3.8) is 0 Å². The van der Waals surface area contributed by atoms with E-state index in [4.69, 9.17) is 5.73 Å². The minimum atomic E-state index is 0.00705. The molecule has 0 aliphatic heterocycles. The lowest BCUT2D eigenvalue weighted by Gasteiger charge is -2.03. The van der Waals surface area contributed by atoms with E-state index in [1.165, 1.54) is 12.5 Å². The minimum absolute atomic E-state index is 0.00705. The van der Waals surface area contributed by atoms with Gasteiger partial charge in [0.1, 0.15) is 0 Å². The summed E-state index contributed by atoms with van der Waals surface area (Å²) in [7, 11) is 0.00705. The van der Waals surface area contributed by atoms with Gasteiger partial charge in [0, 0.05) is 21.9 Å². The van der Waals surface area contributed by atoms with Crippen molar-refractivity contribution >= 4 is 8.80 Å². The van der Waals surface area contributed by atoms with E-state index in [1.807, 2.05) is 0 Å². The molecule has 61 valence electrons. The second-order valence-corrected chi connectivity index (χ2v) is 5.76. The van der Waals surface area contributed by atoms with Gasteiger partial charge in [-0.05, 0) is 13.0 Å². The van der Waals surface area contributed by atoms with Gasteiger partial charge in [0.15, 0.2) is 0 Å². The number of nitrogens with one attached hydrogen (secondary N) is 1. The highest BCUT2D eigenvalue weighted by Gasteiger charge is 1.93. The summed E-state index contributed by atoms with van der Waals surface area (Å²) in [6.45, 7) is 7.58. The molecule has 1 radical (unpaired) electrons. The van der Waals surface area contributed by atoms with Crippen molar-refractivity contribution in [2.45, 2.75) is 25.6 Å². The van der Waals surface area contributed by atoms with Crippen molar-refractivity contribution in [3.05, 3.63) is 0 Å². The zero-order valence-corrected chi connectivity index (χ0v) is 8.11. The van der Waals surface area contributed by atoms with Crippen molar-refractivity contribution in [1.29, 1.82) is 0 Å². The fourth-order valence-corrected chi connectivity index (χ4v) is 1.68. The molecule has 3 N–H and O–H groups in total. The molecular weight excluding hydrogens is 140 g/mol. The van der Waals surface area contributed by atoms with Crippen LogP contribution < -0.4 is 11.1 Å². The Labute approximate surface area is 65.8 Å². The Morgan fingerprint density at radius 1 is 1.30 bits per heavy atom. The highest BCUT2D eigenvalue weighted by molar-refractivity contribution is 6.55. The molecule has 0 heterocycles. The molecule has 0 aromatic rings. The van der Waals surface area contributed by atoms with Crippen LogP contribution in [0.4, 0.5) is 0 Å². The Balaban J connectivity index is 2.77. The molecule has 10 heavy (non-hydrogen) atoms. The van der Waals surface area contributed by atoms with E-state index in [0.717, 1.165) is 19.6 Å². The lowest BCUT2D eigenvalue weighted by atomic mass is 10.5. The Morgan fingerprint density at radius 3 is 2.50 bits per heavy atom. The number of hydrogen-bond donors (Lipinski definition) is 2. The van der Waals surface area contributed by atoms with Gasteiger partial charge in [0.2, 0.25) is 0 Å². The van der Waals surface area contributed by atoms with Gasteiger partial charge in [-0.3, -0.25) is 0 Å². The molecule has 2 nitrogen and oxygen atoms in total. The normalized spacial score (nSPS) is 10.8. The predicted octanol–water partition coefficient (Wildman–Crippen LogP) is 0.679. The van der Waals surface area contributed by atoms with Gasteiger partial charge in [0.25, 0.3) is 0 Å². The number of hydrogen-bond acceptors (Lipinski definition) is 2. The van der Waals surface area contributed by atoms with Crippen LogP contribution in [-0.4, -0.2) is 28.4 Å². The molecule has 0 rings (SSSR count). The van der Waals surface area contributed by atoms with Crippen LogP contribution in [0.2, 0.25) is 19.1 Å². The van der Waals surface area contributed by atoms with Crippen LogP contribution in [0, 0.1) is 0 Å². The van der Waals surface area contributed by atoms with Crippen molar-refractivity contribution < 1.29 is 0 Å². The zero-order valence-electron chi connectivity index (χ0n) is 7.11. The molecule has 3 heteroatoms. The van der Waals surface area contributed by atoms with Crippen molar-refractivity contribution in [3.8, 4) is 0 Å². The number of rotatable bonds is 6. The van der Waals surface area contributed by atoms with Crippen LogP contribution in [0.5, 0.6) is 0 Å². The van der Waals surface area contributed by atoms with E-state index in [2.05, 4.69) is 18.4 Å². The first-order valence-corrected chi connectivity index (χ1v) is 6.68. The summed E-state index contributed by atoms with van der Waals surface area (Å²) in [5.74, 6) is 0. The van der Waals surface area contributed by atoms with Crippen LogP contribution in [0.15, 0.2) is 0 Å². The molecule has 0 aromatic carbocycles. The molecule has 0 saturated heterocycles. The molecule has 0 saturated carbocycles. The summed E-state index contributed by atoms with van der Waals surface area (Å²) in [6, 6.07) is 1.42. The predicted molar refractivity (Wildman–Crippen MR) is 48.8 cm³/mol. The third-order valence-corrected chi connectivity index (χ3v) is 2.70. The average Bonchev–Trinajstić information content (AvgIpc) is 1.87. The van der Waals surface area contributed by atoms with E-state index < -0.39 is 0 Å². The minimum Gasteiger partial charge on any atom is -0.329 e. The van der Waals surface area contributed by atoms with Gasteiger partial charge >= 0.3 is 0 Å². The van der Waals surface area contributed by atoms with E-state index in [1.54, 1.807) is 0 Å². The van der Waals surface area contributed by atoms with E-state index >= 15 is 0 Å². The standard InChI is InChI=1S/C7H19N2Si/c1-10(2)7-3-5-9-6-4-8/h9H,3-8H2,1-2H3. The van der Waals surface area contributed by atoms with Crippen LogP contribution in [0.1, 0.15) is 6.42 Å². The molecule has 0 aliphatic rings. The summed E-state index contributed by atoms with van der Waals surface area (Å²) >= 11 is 0. The molecular formula is C7H19N2Si.